The first-order chi connectivity index (χ1) is 8.84. The van der Waals surface area contributed by atoms with E-state index in [0.717, 1.165) is 11.1 Å². The van der Waals surface area contributed by atoms with Gasteiger partial charge in [0.05, 0.1) is 6.61 Å². The van der Waals surface area contributed by atoms with Crippen molar-refractivity contribution >= 4 is 16.9 Å². The van der Waals surface area contributed by atoms with Gasteiger partial charge in [0.2, 0.25) is 5.76 Å². The Morgan fingerprint density at radius 3 is 2.58 bits per heavy atom. The minimum atomic E-state index is -1.04. The van der Waals surface area contributed by atoms with Gasteiger partial charge < -0.3 is 14.3 Å². The number of ether oxygens (including phenoxy) is 1. The van der Waals surface area contributed by atoms with Crippen LogP contribution in [0.2, 0.25) is 0 Å². The maximum Gasteiger partial charge on any atom is 0.372 e. The summed E-state index contributed by atoms with van der Waals surface area (Å²) in [5.74, 6) is -0.312. The van der Waals surface area contributed by atoms with E-state index in [1.807, 2.05) is 33.8 Å². The number of hydrogen-bond acceptors (Lipinski definition) is 3. The van der Waals surface area contributed by atoms with E-state index in [0.29, 0.717) is 17.8 Å². The third-order valence-electron chi connectivity index (χ3n) is 2.91. The van der Waals surface area contributed by atoms with E-state index in [1.54, 1.807) is 12.1 Å². The lowest BCUT2D eigenvalue weighted by molar-refractivity contribution is 0.0661. The lowest BCUT2D eigenvalue weighted by Gasteiger charge is -2.18. The molecule has 0 saturated carbocycles. The summed E-state index contributed by atoms with van der Waals surface area (Å²) in [7, 11) is 0. The van der Waals surface area contributed by atoms with Crippen LogP contribution in [-0.2, 0) is 5.41 Å². The van der Waals surface area contributed by atoms with Crippen molar-refractivity contribution in [3.63, 3.8) is 0 Å². The Morgan fingerprint density at radius 2 is 2.05 bits per heavy atom. The normalized spacial score (nSPS) is 11.8. The van der Waals surface area contributed by atoms with E-state index in [2.05, 4.69) is 0 Å². The van der Waals surface area contributed by atoms with Crippen LogP contribution in [-0.4, -0.2) is 17.7 Å². The number of hydrogen-bond donors (Lipinski definition) is 1. The minimum absolute atomic E-state index is 0.0103. The van der Waals surface area contributed by atoms with Gasteiger partial charge in [-0.25, -0.2) is 4.79 Å². The summed E-state index contributed by atoms with van der Waals surface area (Å²) in [5.41, 5.74) is 0.964. The van der Waals surface area contributed by atoms with Crippen molar-refractivity contribution < 1.29 is 19.1 Å². The van der Waals surface area contributed by atoms with Gasteiger partial charge in [-0.05, 0) is 30.5 Å². The molecule has 0 unspecified atom stereocenters. The Bertz CT molecular complexity index is 617. The molecule has 0 fully saturated rings. The van der Waals surface area contributed by atoms with E-state index in [9.17, 15) is 9.90 Å². The summed E-state index contributed by atoms with van der Waals surface area (Å²) in [5, 5.41) is 10.1. The molecule has 1 aromatic carbocycles. The average molecular weight is 262 g/mol. The SMILES string of the molecule is CCOc1ccc2oc(C(=O)O)c(C(C)(C)C)c2c1. The second-order valence-electron chi connectivity index (χ2n) is 5.45. The Kier molecular flexibility index (Phi) is 3.27. The minimum Gasteiger partial charge on any atom is -0.494 e. The summed E-state index contributed by atoms with van der Waals surface area (Å²) in [6.07, 6.45) is 0. The van der Waals surface area contributed by atoms with Crippen molar-refractivity contribution in [2.75, 3.05) is 6.61 Å². The first-order valence-corrected chi connectivity index (χ1v) is 6.27. The van der Waals surface area contributed by atoms with Gasteiger partial charge in [0.25, 0.3) is 0 Å². The zero-order valence-corrected chi connectivity index (χ0v) is 11.6. The second kappa shape index (κ2) is 4.61. The van der Waals surface area contributed by atoms with Crippen LogP contribution in [0.15, 0.2) is 22.6 Å². The van der Waals surface area contributed by atoms with Crippen LogP contribution in [0.5, 0.6) is 5.75 Å². The standard InChI is InChI=1S/C15H18O4/c1-5-18-9-6-7-11-10(8-9)12(15(2,3)4)13(19-11)14(16)17/h6-8H,5H2,1-4H3,(H,16,17). The third kappa shape index (κ3) is 2.43. The molecule has 2 rings (SSSR count). The lowest BCUT2D eigenvalue weighted by atomic mass is 9.85. The molecule has 0 atom stereocenters. The Labute approximate surface area is 112 Å². The fourth-order valence-corrected chi connectivity index (χ4v) is 2.23. The molecule has 1 N–H and O–H groups in total. The lowest BCUT2D eigenvalue weighted by Crippen LogP contribution is -2.15. The molecule has 0 aliphatic heterocycles. The topological polar surface area (TPSA) is 59.7 Å². The molecule has 1 aromatic heterocycles. The van der Waals surface area contributed by atoms with Gasteiger partial charge in [-0.2, -0.15) is 0 Å². The highest BCUT2D eigenvalue weighted by atomic mass is 16.5. The molecule has 0 saturated heterocycles. The van der Waals surface area contributed by atoms with Crippen molar-refractivity contribution in [3.05, 3.63) is 29.5 Å². The van der Waals surface area contributed by atoms with E-state index < -0.39 is 5.97 Å². The van der Waals surface area contributed by atoms with Crippen molar-refractivity contribution in [1.29, 1.82) is 0 Å². The average Bonchev–Trinajstić information content (AvgIpc) is 2.67. The molecule has 0 radical (unpaired) electrons. The van der Waals surface area contributed by atoms with Crippen LogP contribution >= 0.6 is 0 Å². The van der Waals surface area contributed by atoms with Crippen molar-refractivity contribution in [3.8, 4) is 5.75 Å². The van der Waals surface area contributed by atoms with Gasteiger partial charge in [-0.3, -0.25) is 0 Å². The molecule has 0 bridgehead atoms. The van der Waals surface area contributed by atoms with Gasteiger partial charge in [0.1, 0.15) is 11.3 Å². The monoisotopic (exact) mass is 262 g/mol. The quantitative estimate of drug-likeness (QED) is 0.913. The fraction of sp³-hybridized carbons (Fsp3) is 0.400. The number of rotatable bonds is 3. The van der Waals surface area contributed by atoms with Crippen LogP contribution < -0.4 is 4.74 Å². The predicted molar refractivity (Wildman–Crippen MR) is 73.0 cm³/mol. The maximum absolute atomic E-state index is 11.3. The Morgan fingerprint density at radius 1 is 1.37 bits per heavy atom. The predicted octanol–water partition coefficient (Wildman–Crippen LogP) is 3.83. The van der Waals surface area contributed by atoms with E-state index in [1.165, 1.54) is 0 Å². The number of fused-ring (bicyclic) bond motifs is 1. The summed E-state index contributed by atoms with van der Waals surface area (Å²) in [6, 6.07) is 5.38. The Hall–Kier alpha value is -1.97. The van der Waals surface area contributed by atoms with Gasteiger partial charge >= 0.3 is 5.97 Å². The largest absolute Gasteiger partial charge is 0.494 e. The molecule has 0 aliphatic rings. The summed E-state index contributed by atoms with van der Waals surface area (Å²) in [4.78, 5) is 11.3. The molecule has 2 aromatic rings. The smallest absolute Gasteiger partial charge is 0.372 e. The molecule has 4 heteroatoms. The van der Waals surface area contributed by atoms with Crippen LogP contribution in [0.4, 0.5) is 0 Å². The second-order valence-corrected chi connectivity index (χ2v) is 5.45. The number of aromatic carboxylic acids is 1. The third-order valence-corrected chi connectivity index (χ3v) is 2.91. The number of benzene rings is 1. The number of carboxylic acids is 1. The van der Waals surface area contributed by atoms with Crippen LogP contribution in [0.25, 0.3) is 11.0 Å². The van der Waals surface area contributed by atoms with E-state index in [-0.39, 0.29) is 11.2 Å². The van der Waals surface area contributed by atoms with Crippen LogP contribution in [0.3, 0.4) is 0 Å². The highest BCUT2D eigenvalue weighted by Gasteiger charge is 2.29. The van der Waals surface area contributed by atoms with Crippen LogP contribution in [0.1, 0.15) is 43.8 Å². The van der Waals surface area contributed by atoms with Crippen molar-refractivity contribution in [2.24, 2.45) is 0 Å². The first-order valence-electron chi connectivity index (χ1n) is 6.27. The summed E-state index contributed by atoms with van der Waals surface area (Å²) < 4.78 is 10.9. The summed E-state index contributed by atoms with van der Waals surface area (Å²) in [6.45, 7) is 8.39. The molecule has 0 aliphatic carbocycles. The maximum atomic E-state index is 11.3. The molecule has 0 spiro atoms. The number of carboxylic acid groups (broad SMARTS) is 1. The Balaban J connectivity index is 2.74. The highest BCUT2D eigenvalue weighted by Crippen LogP contribution is 2.37. The highest BCUT2D eigenvalue weighted by molar-refractivity contribution is 5.96. The molecule has 1 heterocycles. The van der Waals surface area contributed by atoms with Gasteiger partial charge in [-0.15, -0.1) is 0 Å². The molecular weight excluding hydrogens is 244 g/mol. The van der Waals surface area contributed by atoms with Gasteiger partial charge in [-0.1, -0.05) is 20.8 Å². The zero-order valence-electron chi connectivity index (χ0n) is 11.6. The van der Waals surface area contributed by atoms with Crippen molar-refractivity contribution in [1.82, 2.24) is 0 Å². The molecule has 102 valence electrons. The molecular formula is C15H18O4. The molecule has 19 heavy (non-hydrogen) atoms. The first kappa shape index (κ1) is 13.5. The fourth-order valence-electron chi connectivity index (χ4n) is 2.23. The number of furan rings is 1. The van der Waals surface area contributed by atoms with Crippen LogP contribution in [0, 0.1) is 0 Å². The van der Waals surface area contributed by atoms with E-state index in [4.69, 9.17) is 9.15 Å². The van der Waals surface area contributed by atoms with Gasteiger partial charge in [0, 0.05) is 10.9 Å². The van der Waals surface area contributed by atoms with E-state index >= 15 is 0 Å². The zero-order chi connectivity index (χ0) is 14.2. The molecule has 0 amide bonds. The number of carbonyl (C=O) groups is 1. The van der Waals surface area contributed by atoms with Gasteiger partial charge in [0.15, 0.2) is 0 Å². The van der Waals surface area contributed by atoms with Crippen molar-refractivity contribution in [2.45, 2.75) is 33.1 Å². The molecule has 4 nitrogen and oxygen atoms in total. The summed E-state index contributed by atoms with van der Waals surface area (Å²) >= 11 is 0.